The van der Waals surface area contributed by atoms with E-state index in [4.69, 9.17) is 15.3 Å². The summed E-state index contributed by atoms with van der Waals surface area (Å²) < 4.78 is 25.2. The summed E-state index contributed by atoms with van der Waals surface area (Å²) >= 11 is 0. The molecule has 4 fully saturated rings. The minimum atomic E-state index is -3.11. The van der Waals surface area contributed by atoms with E-state index in [1.807, 2.05) is 6.92 Å². The number of hydrogen-bond donors (Lipinski definition) is 13. The predicted molar refractivity (Wildman–Crippen MR) is 161 cm³/mol. The molecular weight excluding hydrogens is 586 g/mol. The average molecular weight is 647 g/mol. The summed E-state index contributed by atoms with van der Waals surface area (Å²) in [5.74, 6) is -3.32. The highest BCUT2D eigenvalue weighted by Crippen LogP contribution is 2.26. The summed E-state index contributed by atoms with van der Waals surface area (Å²) in [5, 5.41) is 94.8. The fourth-order valence-electron chi connectivity index (χ4n) is 5.63. The Hall–Kier alpha value is -0.660. The van der Waals surface area contributed by atoms with Crippen LogP contribution < -0.4 is 21.3 Å². The van der Waals surface area contributed by atoms with Crippen molar-refractivity contribution in [2.45, 2.75) is 95.3 Å². The van der Waals surface area contributed by atoms with E-state index < -0.39 is 73.3 Å². The van der Waals surface area contributed by atoms with Crippen molar-refractivity contribution >= 4 is 0 Å². The van der Waals surface area contributed by atoms with Gasteiger partial charge in [0.2, 0.25) is 0 Å². The topological polar surface area (TPSA) is 230 Å². The number of aliphatic hydroxyl groups excluding tert-OH is 8. The van der Waals surface area contributed by atoms with Crippen molar-refractivity contribution in [2.24, 2.45) is 29.6 Å². The van der Waals surface area contributed by atoms with Gasteiger partial charge in [0.1, 0.15) is 6.10 Å². The second-order valence-electron chi connectivity index (χ2n) is 13.3. The predicted octanol–water partition coefficient (Wildman–Crippen LogP) is -3.19. The molecule has 264 valence electrons. The summed E-state index contributed by atoms with van der Waals surface area (Å²) in [7, 11) is 0. The number of nitrogens with one attached hydrogen (secondary N) is 4. The van der Waals surface area contributed by atoms with Gasteiger partial charge < -0.3 is 67.2 Å². The molecule has 0 bridgehead atoms. The molecule has 11 atom stereocenters. The number of rotatable bonds is 4. The van der Waals surface area contributed by atoms with Crippen LogP contribution in [0.3, 0.4) is 0 Å². The van der Waals surface area contributed by atoms with Gasteiger partial charge in [0.25, 0.3) is 5.92 Å². The molecule has 13 N–H and O–H groups in total. The Balaban J connectivity index is 0.000000294. The molecule has 0 amide bonds. The number of β-amino-alcohol motifs (C(OH)–C–C–N with tert-alkyl or cyclic N) is 3. The summed E-state index contributed by atoms with van der Waals surface area (Å²) in [6, 6.07) is 0. The second kappa shape index (κ2) is 19.2. The van der Waals surface area contributed by atoms with Crippen molar-refractivity contribution in [3.8, 4) is 0 Å². The molecule has 4 rings (SSSR count). The smallest absolute Gasteiger partial charge is 0.285 e. The molecule has 0 aromatic carbocycles. The van der Waals surface area contributed by atoms with Crippen molar-refractivity contribution in [3.05, 3.63) is 0 Å². The lowest BCUT2D eigenvalue weighted by Gasteiger charge is -2.39. The molecule has 44 heavy (non-hydrogen) atoms. The maximum Gasteiger partial charge on any atom is 0.285 e. The van der Waals surface area contributed by atoms with Gasteiger partial charge >= 0.3 is 0 Å². The van der Waals surface area contributed by atoms with Gasteiger partial charge in [0.05, 0.1) is 48.8 Å². The van der Waals surface area contributed by atoms with Crippen molar-refractivity contribution in [3.63, 3.8) is 0 Å². The second-order valence-corrected chi connectivity index (χ2v) is 13.3. The first-order chi connectivity index (χ1) is 20.4. The maximum absolute atomic E-state index is 12.6. The molecular formula is C29H60F2N4O9. The van der Waals surface area contributed by atoms with E-state index >= 15 is 0 Å². The van der Waals surface area contributed by atoms with Crippen molar-refractivity contribution in [1.82, 2.24) is 21.3 Å². The minimum Gasteiger partial charge on any atom is -0.396 e. The van der Waals surface area contributed by atoms with Crippen molar-refractivity contribution in [1.29, 1.82) is 0 Å². The van der Waals surface area contributed by atoms with E-state index in [2.05, 4.69) is 35.1 Å². The molecule has 15 heteroatoms. The molecule has 13 nitrogen and oxygen atoms in total. The molecule has 0 aromatic heterocycles. The highest BCUT2D eigenvalue weighted by atomic mass is 19.3. The minimum absolute atomic E-state index is 0.193. The van der Waals surface area contributed by atoms with E-state index in [1.54, 1.807) is 13.8 Å². The Morgan fingerprint density at radius 2 is 1.18 bits per heavy atom. The van der Waals surface area contributed by atoms with Crippen LogP contribution >= 0.6 is 0 Å². The van der Waals surface area contributed by atoms with Crippen LogP contribution in [0.2, 0.25) is 0 Å². The Kier molecular flexibility index (Phi) is 18.1. The highest BCUT2D eigenvalue weighted by molar-refractivity contribution is 4.93. The van der Waals surface area contributed by atoms with Crippen LogP contribution in [-0.2, 0) is 0 Å². The van der Waals surface area contributed by atoms with E-state index in [9.17, 15) is 39.4 Å². The summed E-state index contributed by atoms with van der Waals surface area (Å²) in [4.78, 5) is 0. The highest BCUT2D eigenvalue weighted by Gasteiger charge is 2.45. The van der Waals surface area contributed by atoms with E-state index in [0.29, 0.717) is 32.1 Å². The van der Waals surface area contributed by atoms with Gasteiger partial charge in [-0.25, -0.2) is 8.78 Å². The van der Waals surface area contributed by atoms with Gasteiger partial charge in [-0.1, -0.05) is 20.8 Å². The van der Waals surface area contributed by atoms with Crippen LogP contribution in [0.1, 0.15) is 41.0 Å². The number of halogens is 2. The van der Waals surface area contributed by atoms with Crippen LogP contribution in [0.25, 0.3) is 0 Å². The Morgan fingerprint density at radius 1 is 0.705 bits per heavy atom. The lowest BCUT2D eigenvalue weighted by molar-refractivity contribution is -0.151. The fourth-order valence-corrected chi connectivity index (χ4v) is 5.63. The van der Waals surface area contributed by atoms with Gasteiger partial charge in [0, 0.05) is 70.2 Å². The Bertz CT molecular complexity index is 784. The molecule has 4 aliphatic heterocycles. The third kappa shape index (κ3) is 12.9. The monoisotopic (exact) mass is 646 g/mol. The summed E-state index contributed by atoms with van der Waals surface area (Å²) in [6.45, 7) is 12.4. The molecule has 0 aliphatic carbocycles. The number of hydrogen-bond acceptors (Lipinski definition) is 13. The molecule has 4 saturated heterocycles. The molecule has 0 spiro atoms. The number of aliphatic hydroxyl groups is 9. The first-order valence-corrected chi connectivity index (χ1v) is 15.7. The third-order valence-electron chi connectivity index (χ3n) is 8.90. The van der Waals surface area contributed by atoms with Crippen molar-refractivity contribution < 1.29 is 54.7 Å². The molecule has 0 aromatic rings. The van der Waals surface area contributed by atoms with Gasteiger partial charge in [-0.15, -0.1) is 0 Å². The fraction of sp³-hybridized carbons (Fsp3) is 1.00. The SMILES string of the molecule is CC(C)(O)[C@H]1CNC[C@@H](O)[C@@H]1O.CC(C)[C@H]1CNC[C@@H](O)[C@@H]1O.CC[C@H]1CNC[C@@H](O)[C@@H]1O.OC[C@H]1CNCC(F)(F)[C@@H]1O. The maximum atomic E-state index is 12.6. The zero-order valence-electron chi connectivity index (χ0n) is 26.8. The lowest BCUT2D eigenvalue weighted by Crippen LogP contribution is -2.57. The zero-order valence-corrected chi connectivity index (χ0v) is 26.8. The molecule has 0 saturated carbocycles. The molecule has 0 unspecified atom stereocenters. The van der Waals surface area contributed by atoms with Gasteiger partial charge in [0.15, 0.2) is 0 Å². The summed E-state index contributed by atoms with van der Waals surface area (Å²) in [5.41, 5.74) is -0.951. The number of piperidine rings is 4. The van der Waals surface area contributed by atoms with E-state index in [-0.39, 0.29) is 24.3 Å². The van der Waals surface area contributed by atoms with Crippen LogP contribution in [0.15, 0.2) is 0 Å². The van der Waals surface area contributed by atoms with Crippen LogP contribution in [0.4, 0.5) is 8.78 Å². The van der Waals surface area contributed by atoms with E-state index in [0.717, 1.165) is 19.5 Å². The van der Waals surface area contributed by atoms with E-state index in [1.165, 1.54) is 0 Å². The van der Waals surface area contributed by atoms with Crippen LogP contribution in [0.5, 0.6) is 0 Å². The third-order valence-corrected chi connectivity index (χ3v) is 8.90. The summed E-state index contributed by atoms with van der Waals surface area (Å²) in [6.07, 6.45) is -4.61. The van der Waals surface area contributed by atoms with Gasteiger partial charge in [-0.2, -0.15) is 0 Å². The largest absolute Gasteiger partial charge is 0.396 e. The first kappa shape index (κ1) is 41.4. The van der Waals surface area contributed by atoms with Gasteiger partial charge in [-0.05, 0) is 32.1 Å². The normalized spacial score (nSPS) is 39.1. The van der Waals surface area contributed by atoms with Crippen molar-refractivity contribution in [2.75, 3.05) is 59.0 Å². The molecule has 0 radical (unpaired) electrons. The average Bonchev–Trinajstić information content (AvgIpc) is 2.95. The zero-order chi connectivity index (χ0) is 33.8. The Morgan fingerprint density at radius 3 is 1.59 bits per heavy atom. The molecule has 4 aliphatic rings. The van der Waals surface area contributed by atoms with Crippen LogP contribution in [0, 0.1) is 29.6 Å². The Labute approximate surface area is 260 Å². The van der Waals surface area contributed by atoms with Gasteiger partial charge in [-0.3, -0.25) is 0 Å². The first-order valence-electron chi connectivity index (χ1n) is 15.7. The lowest BCUT2D eigenvalue weighted by atomic mass is 9.81. The quantitative estimate of drug-likeness (QED) is 0.145. The number of alkyl halides is 2. The van der Waals surface area contributed by atoms with Crippen LogP contribution in [-0.4, -0.2) is 159 Å². The molecule has 4 heterocycles. The standard InChI is InChI=1S/C8H17NO3.C8H17NO2.C7H15NO2.C6H11F2NO2/c1-8(2,12)5-3-9-4-6(10)7(5)11;1-5(2)6-3-9-4-7(10)8(6)11;1-2-5-3-8-4-6(9)7(5)10;7-6(8)3-9-1-4(2-10)5(6)11/h5-7,9-12H,3-4H2,1-2H3;5-11H,3-4H2,1-2H3;5-10H,2-4H2,1H3;4-5,9-11H,1-3H2/t5-,6+,7+;6-,7-,8-;5-,6+,7+;4-,5-/m0101/s1.